The molecule has 0 radical (unpaired) electrons. The Balaban J connectivity index is -0.0000000200. The Morgan fingerprint density at radius 1 is 2.00 bits per heavy atom. The van der Waals surface area contributed by atoms with E-state index in [0.717, 1.165) is 0 Å². The first-order valence-corrected chi connectivity index (χ1v) is 0.789. The van der Waals surface area contributed by atoms with E-state index in [1.54, 1.807) is 7.05 Å². The third-order valence-electron chi connectivity index (χ3n) is 0. The van der Waals surface area contributed by atoms with Gasteiger partial charge in [-0.3, -0.25) is 11.3 Å². The van der Waals surface area contributed by atoms with Crippen molar-refractivity contribution < 1.29 is 31.0 Å². The average Bonchev–Trinajstić information content (AvgIpc) is 0.918. The van der Waals surface area contributed by atoms with Gasteiger partial charge in [-0.15, -0.1) is 0 Å². The molecule has 3 N–H and O–H groups in total. The molecule has 0 aromatic heterocycles. The summed E-state index contributed by atoms with van der Waals surface area (Å²) in [6.07, 6.45) is 0. The molecule has 0 aliphatic rings. The van der Waals surface area contributed by atoms with Gasteiger partial charge in [-0.2, -0.15) is 0 Å². The van der Waals surface area contributed by atoms with Crippen molar-refractivity contribution in [3.05, 3.63) is 0 Å². The van der Waals surface area contributed by atoms with E-state index in [1.165, 1.54) is 0 Å². The van der Waals surface area contributed by atoms with Crippen molar-refractivity contribution in [2.75, 3.05) is 7.05 Å². The van der Waals surface area contributed by atoms with Gasteiger partial charge in [0, 0.05) is 0 Å². The Labute approximate surface area is 49.5 Å². The van der Waals surface area contributed by atoms with Crippen LogP contribution in [0.15, 0.2) is 0 Å². The van der Waals surface area contributed by atoms with Crippen molar-refractivity contribution in [1.29, 1.82) is 0 Å². The molecule has 0 aromatic rings. The maximum absolute atomic E-state index is 4.60. The number of hydrogen-bond donors (Lipinski definition) is 2. The molecule has 2 nitrogen and oxygen atoms in total. The predicted octanol–water partition coefficient (Wildman–Crippen LogP) is -3.80. The molecule has 22 valence electrons. The SMILES string of the molecule is CNN.[H-].[Na+]. The summed E-state index contributed by atoms with van der Waals surface area (Å²) in [4.78, 5) is 0. The molecular formula is CH7N2Na. The topological polar surface area (TPSA) is 38.0 Å². The van der Waals surface area contributed by atoms with E-state index in [9.17, 15) is 0 Å². The first-order chi connectivity index (χ1) is 1.41. The number of nitrogens with two attached hydrogens (primary N) is 1. The van der Waals surface area contributed by atoms with Crippen molar-refractivity contribution >= 4 is 0 Å². The van der Waals surface area contributed by atoms with Gasteiger partial charge in [-0.1, -0.05) is 0 Å². The molecule has 0 amide bonds. The summed E-state index contributed by atoms with van der Waals surface area (Å²) >= 11 is 0. The molecule has 0 fully saturated rings. The van der Waals surface area contributed by atoms with Crippen LogP contribution in [0.1, 0.15) is 1.43 Å². The summed E-state index contributed by atoms with van der Waals surface area (Å²) in [7, 11) is 1.65. The van der Waals surface area contributed by atoms with Crippen LogP contribution >= 0.6 is 0 Å². The molecule has 0 bridgehead atoms. The minimum absolute atomic E-state index is 0. The van der Waals surface area contributed by atoms with Gasteiger partial charge in [-0.05, 0) is 7.05 Å². The van der Waals surface area contributed by atoms with Crippen LogP contribution < -0.4 is 40.8 Å². The minimum Gasteiger partial charge on any atom is -1.00 e. The van der Waals surface area contributed by atoms with Gasteiger partial charge < -0.3 is 1.43 Å². The zero-order valence-electron chi connectivity index (χ0n) is 4.08. The molecular weight excluding hydrogens is 63.0 g/mol. The smallest absolute Gasteiger partial charge is 1.00 e. The van der Waals surface area contributed by atoms with E-state index in [1.807, 2.05) is 0 Å². The summed E-state index contributed by atoms with van der Waals surface area (Å²) in [5, 5.41) is 0. The van der Waals surface area contributed by atoms with Gasteiger partial charge in [0.2, 0.25) is 0 Å². The van der Waals surface area contributed by atoms with Crippen molar-refractivity contribution in [2.45, 2.75) is 0 Å². The third-order valence-corrected chi connectivity index (χ3v) is 0. The summed E-state index contributed by atoms with van der Waals surface area (Å²) in [6, 6.07) is 0. The zero-order valence-corrected chi connectivity index (χ0v) is 5.08. The molecule has 4 heavy (non-hydrogen) atoms. The molecule has 0 atom stereocenters. The molecule has 0 saturated heterocycles. The largest absolute Gasteiger partial charge is 1.00 e. The van der Waals surface area contributed by atoms with Crippen LogP contribution in [-0.4, -0.2) is 7.05 Å². The summed E-state index contributed by atoms with van der Waals surface area (Å²) in [5.41, 5.74) is 2.25. The maximum atomic E-state index is 4.60. The molecule has 0 spiro atoms. The van der Waals surface area contributed by atoms with Crippen LogP contribution in [0.3, 0.4) is 0 Å². The summed E-state index contributed by atoms with van der Waals surface area (Å²) < 4.78 is 0. The first-order valence-electron chi connectivity index (χ1n) is 0.789. The first kappa shape index (κ1) is 8.87. The number of hydrazine groups is 1. The van der Waals surface area contributed by atoms with Crippen molar-refractivity contribution in [2.24, 2.45) is 5.84 Å². The second-order valence-electron chi connectivity index (χ2n) is 0.289. The van der Waals surface area contributed by atoms with Crippen LogP contribution in [0.5, 0.6) is 0 Å². The van der Waals surface area contributed by atoms with E-state index >= 15 is 0 Å². The van der Waals surface area contributed by atoms with Gasteiger partial charge >= 0.3 is 29.6 Å². The van der Waals surface area contributed by atoms with Gasteiger partial charge in [0.15, 0.2) is 0 Å². The second kappa shape index (κ2) is 9.07. The molecule has 0 heterocycles. The molecule has 0 saturated carbocycles. The third kappa shape index (κ3) is 12.7. The van der Waals surface area contributed by atoms with E-state index < -0.39 is 0 Å². The Bertz CT molecular complexity index is 9.61. The molecule has 3 heteroatoms. The van der Waals surface area contributed by atoms with Gasteiger partial charge in [0.1, 0.15) is 0 Å². The van der Waals surface area contributed by atoms with Crippen LogP contribution in [-0.2, 0) is 0 Å². The Hall–Kier alpha value is 0.920. The fraction of sp³-hybridized carbons (Fsp3) is 1.00. The zero-order chi connectivity index (χ0) is 2.71. The van der Waals surface area contributed by atoms with E-state index in [4.69, 9.17) is 0 Å². The van der Waals surface area contributed by atoms with Gasteiger partial charge in [-0.25, -0.2) is 0 Å². The summed E-state index contributed by atoms with van der Waals surface area (Å²) in [6.45, 7) is 0. The van der Waals surface area contributed by atoms with Crippen molar-refractivity contribution in [3.63, 3.8) is 0 Å². The van der Waals surface area contributed by atoms with Crippen LogP contribution in [0.2, 0.25) is 0 Å². The minimum atomic E-state index is 0. The van der Waals surface area contributed by atoms with E-state index in [-0.39, 0.29) is 31.0 Å². The predicted molar refractivity (Wildman–Crippen MR) is 14.4 cm³/mol. The van der Waals surface area contributed by atoms with E-state index in [0.29, 0.717) is 0 Å². The number of hydrogen-bond acceptors (Lipinski definition) is 2. The number of nitrogens with one attached hydrogen (secondary N) is 1. The summed E-state index contributed by atoms with van der Waals surface area (Å²) in [5.74, 6) is 4.60. The van der Waals surface area contributed by atoms with Crippen LogP contribution in [0.4, 0.5) is 0 Å². The van der Waals surface area contributed by atoms with Gasteiger partial charge in [0.05, 0.1) is 0 Å². The van der Waals surface area contributed by atoms with Crippen molar-refractivity contribution in [3.8, 4) is 0 Å². The monoisotopic (exact) mass is 70.1 g/mol. The fourth-order valence-electron chi connectivity index (χ4n) is 0. The van der Waals surface area contributed by atoms with Crippen molar-refractivity contribution in [1.82, 2.24) is 5.43 Å². The molecule has 0 aromatic carbocycles. The Morgan fingerprint density at radius 2 is 2.00 bits per heavy atom. The standard InChI is InChI=1S/CH6N2.Na.H/c1-3-2;;/h3H,2H2,1H3;;/q;+1;-1. The van der Waals surface area contributed by atoms with E-state index in [2.05, 4.69) is 11.3 Å². The second-order valence-corrected chi connectivity index (χ2v) is 0.289. The quantitative estimate of drug-likeness (QED) is 0.174. The Morgan fingerprint density at radius 3 is 2.00 bits per heavy atom. The molecule has 0 aliphatic carbocycles. The van der Waals surface area contributed by atoms with Gasteiger partial charge in [0.25, 0.3) is 0 Å². The van der Waals surface area contributed by atoms with Crippen LogP contribution in [0.25, 0.3) is 0 Å². The molecule has 0 aliphatic heterocycles. The average molecular weight is 70.1 g/mol. The normalized spacial score (nSPS) is 4.50. The maximum Gasteiger partial charge on any atom is 1.00 e. The number of rotatable bonds is 0. The molecule has 0 unspecified atom stereocenters. The fourth-order valence-corrected chi connectivity index (χ4v) is 0. The Kier molecular flexibility index (Phi) is 20.1. The van der Waals surface area contributed by atoms with Crippen LogP contribution in [0, 0.1) is 0 Å². The molecule has 0 rings (SSSR count).